The monoisotopic (exact) mass is 284 g/mol. The summed E-state index contributed by atoms with van der Waals surface area (Å²) in [6, 6.07) is 9.31. The normalized spacial score (nSPS) is 17.7. The maximum Gasteiger partial charge on any atom is 0.493 e. The fourth-order valence-corrected chi connectivity index (χ4v) is 2.24. The minimum atomic E-state index is -0.353. The molecule has 5 nitrogen and oxygen atoms in total. The van der Waals surface area contributed by atoms with Crippen molar-refractivity contribution in [2.45, 2.75) is 13.8 Å². The second kappa shape index (κ2) is 5.46. The molecule has 108 valence electrons. The van der Waals surface area contributed by atoms with Gasteiger partial charge in [-0.15, -0.1) is 0 Å². The van der Waals surface area contributed by atoms with Crippen LogP contribution < -0.4 is 5.46 Å². The average Bonchev–Trinajstić information content (AvgIpc) is 2.47. The predicted octanol–water partition coefficient (Wildman–Crippen LogP) is 1.62. The number of nitrogens with zero attached hydrogens (tertiary/aromatic N) is 2. The molecule has 0 aliphatic carbocycles. The third-order valence-corrected chi connectivity index (χ3v) is 3.35. The first-order valence-electron chi connectivity index (χ1n) is 6.89. The summed E-state index contributed by atoms with van der Waals surface area (Å²) < 4.78 is 11.6. The van der Waals surface area contributed by atoms with E-state index in [4.69, 9.17) is 9.31 Å². The highest BCUT2D eigenvalue weighted by Crippen LogP contribution is 2.22. The van der Waals surface area contributed by atoms with Crippen molar-refractivity contribution in [3.63, 3.8) is 0 Å². The van der Waals surface area contributed by atoms with Crippen molar-refractivity contribution in [3.8, 4) is 17.3 Å². The quantitative estimate of drug-likeness (QED) is 0.849. The Morgan fingerprint density at radius 1 is 1.19 bits per heavy atom. The van der Waals surface area contributed by atoms with Gasteiger partial charge in [-0.3, -0.25) is 0 Å². The number of rotatable bonds is 2. The second-order valence-corrected chi connectivity index (χ2v) is 5.99. The van der Waals surface area contributed by atoms with Crippen LogP contribution in [0, 0.1) is 5.41 Å². The van der Waals surface area contributed by atoms with Gasteiger partial charge in [0.05, 0.1) is 5.69 Å². The van der Waals surface area contributed by atoms with Crippen LogP contribution in [0.25, 0.3) is 11.3 Å². The van der Waals surface area contributed by atoms with E-state index in [0.29, 0.717) is 18.9 Å². The number of aromatic hydroxyl groups is 1. The van der Waals surface area contributed by atoms with Crippen molar-refractivity contribution < 1.29 is 14.4 Å². The Morgan fingerprint density at radius 2 is 1.95 bits per heavy atom. The molecule has 1 aliphatic rings. The van der Waals surface area contributed by atoms with Crippen LogP contribution >= 0.6 is 0 Å². The van der Waals surface area contributed by atoms with E-state index in [1.165, 1.54) is 6.20 Å². The lowest BCUT2D eigenvalue weighted by Gasteiger charge is -2.33. The van der Waals surface area contributed by atoms with E-state index in [0.717, 1.165) is 11.0 Å². The largest absolute Gasteiger partial charge is 0.493 e. The minimum Gasteiger partial charge on any atom is -0.479 e. The molecule has 1 N–H and O–H groups in total. The van der Waals surface area contributed by atoms with Crippen molar-refractivity contribution in [2.24, 2.45) is 5.41 Å². The minimum absolute atomic E-state index is 0.0482. The standard InChI is InChI=1S/C15H17BN2O3/c1-15(2)9-20-16(21-10-15)12-5-3-4-11(8-12)13-6-7-17-14(19)18-13/h3-8H,9-10H2,1-2H3,(H,17,18,19). The fraction of sp³-hybridized carbons (Fsp3) is 0.333. The summed E-state index contributed by atoms with van der Waals surface area (Å²) in [5.74, 6) is 0. The Bertz CT molecular complexity index is 638. The molecule has 21 heavy (non-hydrogen) atoms. The maximum absolute atomic E-state index is 9.38. The zero-order valence-corrected chi connectivity index (χ0v) is 12.1. The summed E-state index contributed by atoms with van der Waals surface area (Å²) in [6.45, 7) is 5.55. The van der Waals surface area contributed by atoms with Gasteiger partial charge in [0.2, 0.25) is 0 Å². The van der Waals surface area contributed by atoms with Gasteiger partial charge in [-0.2, -0.15) is 4.98 Å². The van der Waals surface area contributed by atoms with Gasteiger partial charge in [0.1, 0.15) is 0 Å². The molecule has 0 bridgehead atoms. The molecular formula is C15H17BN2O3. The predicted molar refractivity (Wildman–Crippen MR) is 80.2 cm³/mol. The van der Waals surface area contributed by atoms with Gasteiger partial charge in [-0.25, -0.2) is 4.98 Å². The molecule has 0 radical (unpaired) electrons. The van der Waals surface area contributed by atoms with Crippen molar-refractivity contribution in [1.29, 1.82) is 0 Å². The van der Waals surface area contributed by atoms with Gasteiger partial charge in [-0.05, 0) is 11.5 Å². The lowest BCUT2D eigenvalue weighted by molar-refractivity contribution is 0.0343. The third-order valence-electron chi connectivity index (χ3n) is 3.35. The SMILES string of the molecule is CC1(C)COB(c2cccc(-c3ccnc(O)n3)c2)OC1. The Kier molecular flexibility index (Phi) is 3.65. The molecule has 0 saturated carbocycles. The first kappa shape index (κ1) is 14.0. The molecule has 2 aromatic rings. The maximum atomic E-state index is 9.38. The number of benzene rings is 1. The highest BCUT2D eigenvalue weighted by molar-refractivity contribution is 6.61. The first-order valence-corrected chi connectivity index (χ1v) is 6.89. The molecule has 0 spiro atoms. The van der Waals surface area contributed by atoms with Crippen molar-refractivity contribution >= 4 is 12.6 Å². The highest BCUT2D eigenvalue weighted by Gasteiger charge is 2.33. The third kappa shape index (κ3) is 3.23. The second-order valence-electron chi connectivity index (χ2n) is 5.99. The van der Waals surface area contributed by atoms with Gasteiger partial charge < -0.3 is 14.4 Å². The molecule has 1 aromatic heterocycles. The van der Waals surface area contributed by atoms with Gasteiger partial charge in [-0.1, -0.05) is 38.1 Å². The molecule has 0 amide bonds. The van der Waals surface area contributed by atoms with Crippen molar-refractivity contribution in [2.75, 3.05) is 13.2 Å². The van der Waals surface area contributed by atoms with E-state index < -0.39 is 0 Å². The molecular weight excluding hydrogens is 267 g/mol. The van der Waals surface area contributed by atoms with Crippen LogP contribution in [0.2, 0.25) is 0 Å². The molecule has 0 unspecified atom stereocenters. The van der Waals surface area contributed by atoms with Crippen LogP contribution in [0.4, 0.5) is 0 Å². The van der Waals surface area contributed by atoms with Crippen LogP contribution in [0.5, 0.6) is 6.01 Å². The molecule has 1 aromatic carbocycles. The fourth-order valence-electron chi connectivity index (χ4n) is 2.24. The first-order chi connectivity index (χ1) is 10.0. The van der Waals surface area contributed by atoms with Gasteiger partial charge in [0.25, 0.3) is 0 Å². The number of aromatic nitrogens is 2. The summed E-state index contributed by atoms with van der Waals surface area (Å²) in [7, 11) is -0.353. The van der Waals surface area contributed by atoms with Crippen molar-refractivity contribution in [3.05, 3.63) is 36.5 Å². The van der Waals surface area contributed by atoms with Gasteiger partial charge >= 0.3 is 13.1 Å². The molecule has 6 heteroatoms. The molecule has 1 fully saturated rings. The Balaban J connectivity index is 1.84. The molecule has 1 saturated heterocycles. The van der Waals surface area contributed by atoms with Gasteiger partial charge in [0, 0.05) is 30.4 Å². The molecule has 0 atom stereocenters. The summed E-state index contributed by atoms with van der Waals surface area (Å²) in [5.41, 5.74) is 2.55. The summed E-state index contributed by atoms with van der Waals surface area (Å²) in [4.78, 5) is 7.70. The van der Waals surface area contributed by atoms with Crippen LogP contribution in [0.1, 0.15) is 13.8 Å². The average molecular weight is 284 g/mol. The van der Waals surface area contributed by atoms with E-state index in [1.807, 2.05) is 24.3 Å². The van der Waals surface area contributed by atoms with Crippen LogP contribution in [-0.2, 0) is 9.31 Å². The Hall–Kier alpha value is -1.92. The molecule has 1 aliphatic heterocycles. The Labute approximate surface area is 124 Å². The lowest BCUT2D eigenvalue weighted by Crippen LogP contribution is -2.47. The van der Waals surface area contributed by atoms with Crippen LogP contribution in [0.3, 0.4) is 0 Å². The van der Waals surface area contributed by atoms with E-state index in [9.17, 15) is 5.11 Å². The molecule has 2 heterocycles. The number of hydrogen-bond donors (Lipinski definition) is 1. The van der Waals surface area contributed by atoms with E-state index in [2.05, 4.69) is 23.8 Å². The lowest BCUT2D eigenvalue weighted by atomic mass is 9.75. The smallest absolute Gasteiger partial charge is 0.479 e. The summed E-state index contributed by atoms with van der Waals surface area (Å²) in [6.07, 6.45) is 1.53. The van der Waals surface area contributed by atoms with E-state index in [1.54, 1.807) is 6.07 Å². The van der Waals surface area contributed by atoms with Crippen LogP contribution in [0.15, 0.2) is 36.5 Å². The summed E-state index contributed by atoms with van der Waals surface area (Å²) in [5, 5.41) is 9.38. The number of hydrogen-bond acceptors (Lipinski definition) is 5. The van der Waals surface area contributed by atoms with E-state index in [-0.39, 0.29) is 18.5 Å². The highest BCUT2D eigenvalue weighted by atomic mass is 16.6. The topological polar surface area (TPSA) is 64.5 Å². The van der Waals surface area contributed by atoms with Crippen molar-refractivity contribution in [1.82, 2.24) is 9.97 Å². The van der Waals surface area contributed by atoms with E-state index >= 15 is 0 Å². The van der Waals surface area contributed by atoms with Gasteiger partial charge in [0.15, 0.2) is 0 Å². The molecule has 3 rings (SSSR count). The zero-order valence-electron chi connectivity index (χ0n) is 12.1. The Morgan fingerprint density at radius 3 is 2.67 bits per heavy atom. The zero-order chi connectivity index (χ0) is 14.9. The van der Waals surface area contributed by atoms with Crippen LogP contribution in [-0.4, -0.2) is 35.4 Å². The summed E-state index contributed by atoms with van der Waals surface area (Å²) >= 11 is 0.